The van der Waals surface area contributed by atoms with Crippen LogP contribution in [0.5, 0.6) is 0 Å². The number of oxime groups is 1. The maximum absolute atomic E-state index is 12.8. The number of hydrogen-bond donors (Lipinski definition) is 0. The van der Waals surface area contributed by atoms with E-state index in [2.05, 4.69) is 48.7 Å². The van der Waals surface area contributed by atoms with Gasteiger partial charge in [0.2, 0.25) is 0 Å². The standard InChI is InChI=1S/C26H26N2O4/c1-17-14-21-22(27-32-25(30)20-13-9-8-12-19(20)24(29)31-4)15-26(2,3)16-23(21)28(17)18-10-6-5-7-11-18/h5-14H,15-16H2,1-4H3/b27-22+. The van der Waals surface area contributed by atoms with Gasteiger partial charge in [0.05, 0.1) is 23.9 Å². The minimum absolute atomic E-state index is 0.0561. The van der Waals surface area contributed by atoms with Crippen LogP contribution in [0.15, 0.2) is 65.8 Å². The van der Waals surface area contributed by atoms with Crippen LogP contribution in [0, 0.1) is 12.3 Å². The Balaban J connectivity index is 1.71. The topological polar surface area (TPSA) is 69.9 Å². The summed E-state index contributed by atoms with van der Waals surface area (Å²) in [4.78, 5) is 30.1. The number of nitrogens with zero attached hydrogens (tertiary/aromatic N) is 2. The maximum atomic E-state index is 12.8. The molecule has 1 heterocycles. The molecule has 0 saturated carbocycles. The molecule has 0 radical (unpaired) electrons. The summed E-state index contributed by atoms with van der Waals surface area (Å²) >= 11 is 0. The molecular weight excluding hydrogens is 404 g/mol. The molecule has 1 aliphatic rings. The lowest BCUT2D eigenvalue weighted by Crippen LogP contribution is -2.28. The van der Waals surface area contributed by atoms with Gasteiger partial charge < -0.3 is 14.1 Å². The fraction of sp³-hybridized carbons (Fsp3) is 0.269. The molecule has 0 bridgehead atoms. The predicted octanol–water partition coefficient (Wildman–Crippen LogP) is 5.11. The fourth-order valence-corrected chi connectivity index (χ4v) is 4.29. The number of benzene rings is 2. The average Bonchev–Trinajstić information content (AvgIpc) is 3.11. The Morgan fingerprint density at radius 2 is 1.56 bits per heavy atom. The van der Waals surface area contributed by atoms with Crippen LogP contribution in [0.2, 0.25) is 0 Å². The van der Waals surface area contributed by atoms with Gasteiger partial charge in [0.25, 0.3) is 0 Å². The number of hydrogen-bond acceptors (Lipinski definition) is 5. The first-order valence-electron chi connectivity index (χ1n) is 10.5. The second-order valence-electron chi connectivity index (χ2n) is 8.79. The van der Waals surface area contributed by atoms with Crippen molar-refractivity contribution in [2.24, 2.45) is 10.6 Å². The summed E-state index contributed by atoms with van der Waals surface area (Å²) in [6.07, 6.45) is 1.55. The highest BCUT2D eigenvalue weighted by Crippen LogP contribution is 2.38. The number of aromatic nitrogens is 1. The molecular formula is C26H26N2O4. The molecule has 0 unspecified atom stereocenters. The molecule has 0 saturated heterocycles. The molecule has 0 atom stereocenters. The van der Waals surface area contributed by atoms with E-state index in [4.69, 9.17) is 9.57 Å². The van der Waals surface area contributed by atoms with Crippen molar-refractivity contribution in [2.75, 3.05) is 7.11 Å². The molecule has 164 valence electrons. The lowest BCUT2D eigenvalue weighted by atomic mass is 9.76. The van der Waals surface area contributed by atoms with E-state index in [0.29, 0.717) is 6.42 Å². The van der Waals surface area contributed by atoms with Gasteiger partial charge in [-0.15, -0.1) is 0 Å². The number of carbonyl (C=O) groups excluding carboxylic acids is 2. The molecule has 6 nitrogen and oxygen atoms in total. The number of aryl methyl sites for hydroxylation is 1. The van der Waals surface area contributed by atoms with Crippen molar-refractivity contribution in [3.63, 3.8) is 0 Å². The van der Waals surface area contributed by atoms with Crippen molar-refractivity contribution in [3.8, 4) is 5.69 Å². The number of fused-ring (bicyclic) bond motifs is 1. The molecule has 3 aromatic rings. The van der Waals surface area contributed by atoms with E-state index < -0.39 is 11.9 Å². The Hall–Kier alpha value is -3.67. The Morgan fingerprint density at radius 1 is 0.938 bits per heavy atom. The van der Waals surface area contributed by atoms with Crippen molar-refractivity contribution >= 4 is 17.7 Å². The van der Waals surface area contributed by atoms with Gasteiger partial charge in [-0.05, 0) is 55.5 Å². The number of methoxy groups -OCH3 is 1. The van der Waals surface area contributed by atoms with Gasteiger partial charge in [-0.3, -0.25) is 0 Å². The molecule has 32 heavy (non-hydrogen) atoms. The van der Waals surface area contributed by atoms with Gasteiger partial charge in [-0.25, -0.2) is 9.59 Å². The van der Waals surface area contributed by atoms with E-state index in [-0.39, 0.29) is 16.5 Å². The van der Waals surface area contributed by atoms with Gasteiger partial charge in [-0.2, -0.15) is 0 Å². The molecule has 2 aromatic carbocycles. The van der Waals surface area contributed by atoms with Crippen LogP contribution in [0.4, 0.5) is 0 Å². The molecule has 0 amide bonds. The summed E-state index contributed by atoms with van der Waals surface area (Å²) in [6.45, 7) is 6.42. The van der Waals surface area contributed by atoms with E-state index >= 15 is 0 Å². The molecule has 0 fully saturated rings. The number of para-hydroxylation sites is 1. The SMILES string of the molecule is COC(=O)c1ccccc1C(=O)O/N=C1\CC(C)(C)Cc2c1cc(C)n2-c1ccccc1. The first-order chi connectivity index (χ1) is 15.3. The van der Waals surface area contributed by atoms with Crippen molar-refractivity contribution in [3.05, 3.63) is 88.7 Å². The molecule has 0 N–H and O–H groups in total. The first kappa shape index (κ1) is 21.6. The van der Waals surface area contributed by atoms with E-state index in [1.807, 2.05) is 18.2 Å². The summed E-state index contributed by atoms with van der Waals surface area (Å²) in [7, 11) is 1.27. The van der Waals surface area contributed by atoms with Gasteiger partial charge in [0.1, 0.15) is 0 Å². The summed E-state index contributed by atoms with van der Waals surface area (Å²) < 4.78 is 7.00. The highest BCUT2D eigenvalue weighted by Gasteiger charge is 2.34. The Labute approximate surface area is 187 Å². The van der Waals surface area contributed by atoms with Gasteiger partial charge >= 0.3 is 11.9 Å². The van der Waals surface area contributed by atoms with Crippen molar-refractivity contribution in [1.29, 1.82) is 0 Å². The van der Waals surface area contributed by atoms with E-state index in [1.54, 1.807) is 12.1 Å². The molecule has 1 aliphatic carbocycles. The molecule has 0 spiro atoms. The van der Waals surface area contributed by atoms with Crippen molar-refractivity contribution in [1.82, 2.24) is 4.57 Å². The number of esters is 1. The van der Waals surface area contributed by atoms with Gasteiger partial charge in [0.15, 0.2) is 0 Å². The van der Waals surface area contributed by atoms with Crippen LogP contribution >= 0.6 is 0 Å². The smallest absolute Gasteiger partial charge is 0.366 e. The fourth-order valence-electron chi connectivity index (χ4n) is 4.29. The highest BCUT2D eigenvalue weighted by molar-refractivity contribution is 6.05. The van der Waals surface area contributed by atoms with Gasteiger partial charge in [0, 0.05) is 22.6 Å². The third-order valence-corrected chi connectivity index (χ3v) is 5.70. The minimum Gasteiger partial charge on any atom is -0.465 e. The van der Waals surface area contributed by atoms with Crippen LogP contribution in [-0.4, -0.2) is 29.3 Å². The van der Waals surface area contributed by atoms with Crippen LogP contribution < -0.4 is 0 Å². The summed E-state index contributed by atoms with van der Waals surface area (Å²) in [6, 6.07) is 18.7. The molecule has 6 heteroatoms. The third-order valence-electron chi connectivity index (χ3n) is 5.70. The number of rotatable bonds is 4. The van der Waals surface area contributed by atoms with Crippen LogP contribution in [0.1, 0.15) is 57.9 Å². The minimum atomic E-state index is -0.692. The Bertz CT molecular complexity index is 1210. The second-order valence-corrected chi connectivity index (χ2v) is 8.79. The highest BCUT2D eigenvalue weighted by atomic mass is 16.7. The summed E-state index contributed by atoms with van der Waals surface area (Å²) in [5.74, 6) is -1.29. The number of ether oxygens (including phenoxy) is 1. The summed E-state index contributed by atoms with van der Waals surface area (Å²) in [5, 5.41) is 4.27. The van der Waals surface area contributed by atoms with E-state index in [0.717, 1.165) is 34.8 Å². The quantitative estimate of drug-likeness (QED) is 0.328. The maximum Gasteiger partial charge on any atom is 0.366 e. The zero-order valence-electron chi connectivity index (χ0n) is 18.7. The van der Waals surface area contributed by atoms with Crippen molar-refractivity contribution < 1.29 is 19.2 Å². The Morgan fingerprint density at radius 3 is 2.22 bits per heavy atom. The average molecular weight is 431 g/mol. The Kier molecular flexibility index (Phi) is 5.70. The van der Waals surface area contributed by atoms with E-state index in [1.165, 1.54) is 19.2 Å². The van der Waals surface area contributed by atoms with Crippen LogP contribution in [-0.2, 0) is 16.0 Å². The number of carbonyl (C=O) groups is 2. The second kappa shape index (κ2) is 8.46. The molecule has 0 aliphatic heterocycles. The van der Waals surface area contributed by atoms with Crippen LogP contribution in [0.3, 0.4) is 0 Å². The monoisotopic (exact) mass is 430 g/mol. The lowest BCUT2D eigenvalue weighted by Gasteiger charge is -2.31. The van der Waals surface area contributed by atoms with Crippen molar-refractivity contribution in [2.45, 2.75) is 33.6 Å². The lowest BCUT2D eigenvalue weighted by molar-refractivity contribution is 0.0494. The predicted molar refractivity (Wildman–Crippen MR) is 122 cm³/mol. The summed E-state index contributed by atoms with van der Waals surface area (Å²) in [5.41, 5.74) is 5.25. The third kappa shape index (κ3) is 4.08. The normalized spacial score (nSPS) is 15.8. The zero-order valence-corrected chi connectivity index (χ0v) is 18.7. The van der Waals surface area contributed by atoms with Crippen LogP contribution in [0.25, 0.3) is 5.69 Å². The molecule has 4 rings (SSSR count). The van der Waals surface area contributed by atoms with E-state index in [9.17, 15) is 9.59 Å². The largest absolute Gasteiger partial charge is 0.465 e. The first-order valence-corrected chi connectivity index (χ1v) is 10.5. The van der Waals surface area contributed by atoms with Gasteiger partial charge in [-0.1, -0.05) is 49.3 Å². The zero-order chi connectivity index (χ0) is 22.9. The molecule has 1 aromatic heterocycles.